The van der Waals surface area contributed by atoms with E-state index in [4.69, 9.17) is 19.4 Å². The van der Waals surface area contributed by atoms with Gasteiger partial charge >= 0.3 is 6.09 Å². The molecule has 2 aliphatic heterocycles. The zero-order valence-electron chi connectivity index (χ0n) is 21.0. The van der Waals surface area contributed by atoms with Gasteiger partial charge in [-0.1, -0.05) is 0 Å². The van der Waals surface area contributed by atoms with Crippen molar-refractivity contribution in [2.24, 2.45) is 0 Å². The van der Waals surface area contributed by atoms with E-state index in [1.807, 2.05) is 39.1 Å². The fourth-order valence-electron chi connectivity index (χ4n) is 4.84. The lowest BCUT2D eigenvalue weighted by atomic mass is 9.93. The largest absolute Gasteiger partial charge is 0.444 e. The first kappa shape index (κ1) is 23.5. The van der Waals surface area contributed by atoms with Crippen molar-refractivity contribution < 1.29 is 14.3 Å². The normalized spacial score (nSPS) is 19.8. The van der Waals surface area contributed by atoms with E-state index in [0.717, 1.165) is 47.5 Å². The van der Waals surface area contributed by atoms with E-state index in [1.165, 1.54) is 0 Å². The molecule has 0 bridgehead atoms. The predicted octanol–water partition coefficient (Wildman–Crippen LogP) is 4.36. The third-order valence-electron chi connectivity index (χ3n) is 6.66. The van der Waals surface area contributed by atoms with Crippen LogP contribution in [0.4, 0.5) is 10.6 Å². The number of aromatic amines is 1. The van der Waals surface area contributed by atoms with Gasteiger partial charge in [0.15, 0.2) is 5.82 Å². The minimum Gasteiger partial charge on any atom is -0.444 e. The van der Waals surface area contributed by atoms with Crippen LogP contribution in [0.1, 0.15) is 52.1 Å². The molecule has 0 aliphatic carbocycles. The summed E-state index contributed by atoms with van der Waals surface area (Å²) in [7, 11) is 0. The van der Waals surface area contributed by atoms with Crippen molar-refractivity contribution in [1.82, 2.24) is 24.8 Å². The first-order valence-corrected chi connectivity index (χ1v) is 12.4. The molecule has 1 N–H and O–H groups in total. The average molecular weight is 479 g/mol. The van der Waals surface area contributed by atoms with Crippen molar-refractivity contribution in [3.63, 3.8) is 0 Å². The van der Waals surface area contributed by atoms with Gasteiger partial charge in [0.2, 0.25) is 0 Å². The van der Waals surface area contributed by atoms with Gasteiger partial charge in [-0.25, -0.2) is 19.7 Å². The number of H-pyrrole nitrogens is 1. The highest BCUT2D eigenvalue weighted by Gasteiger charge is 2.30. The lowest BCUT2D eigenvalue weighted by Gasteiger charge is -2.36. The SMILES string of the molecule is C[C@@H]1COCCN1c1cc(C2CCN(C(=O)OC(C)(C)C)CC2)nc(-c2ccnc3[nH]ccc23)n1. The van der Waals surface area contributed by atoms with Crippen LogP contribution in [0.2, 0.25) is 0 Å². The van der Waals surface area contributed by atoms with E-state index < -0.39 is 5.60 Å². The van der Waals surface area contributed by atoms with Gasteiger partial charge in [-0.2, -0.15) is 0 Å². The van der Waals surface area contributed by atoms with E-state index in [2.05, 4.69) is 27.9 Å². The number of pyridine rings is 1. The van der Waals surface area contributed by atoms with Crippen LogP contribution < -0.4 is 4.90 Å². The van der Waals surface area contributed by atoms with Gasteiger partial charge < -0.3 is 24.3 Å². The van der Waals surface area contributed by atoms with Crippen molar-refractivity contribution in [3.8, 4) is 11.4 Å². The molecule has 186 valence electrons. The Morgan fingerprint density at radius 3 is 2.71 bits per heavy atom. The fourth-order valence-corrected chi connectivity index (χ4v) is 4.84. The lowest BCUT2D eigenvalue weighted by molar-refractivity contribution is 0.0204. The zero-order valence-corrected chi connectivity index (χ0v) is 21.0. The van der Waals surface area contributed by atoms with E-state index >= 15 is 0 Å². The number of nitrogens with zero attached hydrogens (tertiary/aromatic N) is 5. The maximum Gasteiger partial charge on any atom is 0.410 e. The molecular formula is C26H34N6O3. The second-order valence-electron chi connectivity index (χ2n) is 10.4. The average Bonchev–Trinajstić information content (AvgIpc) is 3.32. The van der Waals surface area contributed by atoms with E-state index in [1.54, 1.807) is 11.1 Å². The molecule has 2 fully saturated rings. The van der Waals surface area contributed by atoms with Gasteiger partial charge in [-0.3, -0.25) is 0 Å². The van der Waals surface area contributed by atoms with Gasteiger partial charge in [0.1, 0.15) is 17.1 Å². The van der Waals surface area contributed by atoms with Gasteiger partial charge in [-0.15, -0.1) is 0 Å². The van der Waals surface area contributed by atoms with Crippen LogP contribution in [-0.4, -0.2) is 75.4 Å². The highest BCUT2D eigenvalue weighted by molar-refractivity contribution is 5.91. The molecule has 0 saturated carbocycles. The van der Waals surface area contributed by atoms with Crippen LogP contribution in [0.5, 0.6) is 0 Å². The van der Waals surface area contributed by atoms with Gasteiger partial charge in [0.25, 0.3) is 0 Å². The fraction of sp³-hybridized carbons (Fsp3) is 0.538. The van der Waals surface area contributed by atoms with Crippen LogP contribution in [0.3, 0.4) is 0 Å². The lowest BCUT2D eigenvalue weighted by Crippen LogP contribution is -2.44. The smallest absolute Gasteiger partial charge is 0.410 e. The molecule has 0 unspecified atom stereocenters. The first-order chi connectivity index (χ1) is 16.8. The minimum atomic E-state index is -0.493. The summed E-state index contributed by atoms with van der Waals surface area (Å²) in [6, 6.07) is 6.36. The predicted molar refractivity (Wildman–Crippen MR) is 135 cm³/mol. The van der Waals surface area contributed by atoms with E-state index in [9.17, 15) is 4.79 Å². The maximum absolute atomic E-state index is 12.5. The molecule has 0 aromatic carbocycles. The number of carbonyl (C=O) groups excluding carboxylic acids is 1. The number of likely N-dealkylation sites (tertiary alicyclic amines) is 1. The third-order valence-corrected chi connectivity index (χ3v) is 6.66. The van der Waals surface area contributed by atoms with E-state index in [-0.39, 0.29) is 18.1 Å². The van der Waals surface area contributed by atoms with Crippen molar-refractivity contribution >= 4 is 22.9 Å². The van der Waals surface area contributed by atoms with Crippen molar-refractivity contribution in [2.75, 3.05) is 37.7 Å². The van der Waals surface area contributed by atoms with Crippen LogP contribution in [0.15, 0.2) is 30.6 Å². The molecule has 1 atom stereocenters. The third kappa shape index (κ3) is 5.10. The van der Waals surface area contributed by atoms with E-state index in [0.29, 0.717) is 32.1 Å². The molecule has 2 saturated heterocycles. The molecule has 5 heterocycles. The Labute approximate surface area is 205 Å². The number of anilines is 1. The number of hydrogen-bond acceptors (Lipinski definition) is 7. The Balaban J connectivity index is 1.46. The number of aromatic nitrogens is 4. The summed E-state index contributed by atoms with van der Waals surface area (Å²) >= 11 is 0. The molecule has 2 aliphatic rings. The van der Waals surface area contributed by atoms with Crippen LogP contribution in [0, 0.1) is 0 Å². The standard InChI is InChI=1S/C26H34N6O3/c1-17-16-34-14-13-32(17)22-15-21(18-7-11-31(12-8-18)25(33)35-26(2,3)4)29-24(30-22)20-6-10-28-23-19(20)5-9-27-23/h5-6,9-10,15,17-18H,7-8,11-14,16H2,1-4H3,(H,27,28)/t17-/m1/s1. The summed E-state index contributed by atoms with van der Waals surface area (Å²) < 4.78 is 11.2. The summed E-state index contributed by atoms with van der Waals surface area (Å²) in [4.78, 5) is 34.3. The molecule has 35 heavy (non-hydrogen) atoms. The van der Waals surface area contributed by atoms with Gasteiger partial charge in [-0.05, 0) is 52.7 Å². The molecule has 0 radical (unpaired) electrons. The molecule has 1 amide bonds. The van der Waals surface area contributed by atoms with Crippen molar-refractivity contribution in [2.45, 2.75) is 58.1 Å². The molecule has 9 nitrogen and oxygen atoms in total. The summed E-state index contributed by atoms with van der Waals surface area (Å²) in [5.74, 6) is 1.88. The molecule has 3 aromatic heterocycles. The van der Waals surface area contributed by atoms with Crippen molar-refractivity contribution in [1.29, 1.82) is 0 Å². The molecule has 9 heteroatoms. The number of amides is 1. The Kier molecular flexibility index (Phi) is 6.35. The quantitative estimate of drug-likeness (QED) is 0.597. The Hall–Kier alpha value is -3.20. The highest BCUT2D eigenvalue weighted by atomic mass is 16.6. The number of ether oxygens (including phenoxy) is 2. The Morgan fingerprint density at radius 1 is 1.17 bits per heavy atom. The van der Waals surface area contributed by atoms with Gasteiger partial charge in [0.05, 0.1) is 19.3 Å². The number of fused-ring (bicyclic) bond motifs is 1. The summed E-state index contributed by atoms with van der Waals surface area (Å²) in [5.41, 5.74) is 2.32. The number of carbonyl (C=O) groups is 1. The molecule has 5 rings (SSSR count). The number of hydrogen-bond donors (Lipinski definition) is 1. The first-order valence-electron chi connectivity index (χ1n) is 12.4. The van der Waals surface area contributed by atoms with Crippen LogP contribution in [-0.2, 0) is 9.47 Å². The number of rotatable bonds is 3. The van der Waals surface area contributed by atoms with Crippen LogP contribution >= 0.6 is 0 Å². The number of piperidine rings is 1. The monoisotopic (exact) mass is 478 g/mol. The van der Waals surface area contributed by atoms with Crippen molar-refractivity contribution in [3.05, 3.63) is 36.3 Å². The summed E-state index contributed by atoms with van der Waals surface area (Å²) in [6.45, 7) is 11.3. The molecular weight excluding hydrogens is 444 g/mol. The second kappa shape index (κ2) is 9.45. The highest BCUT2D eigenvalue weighted by Crippen LogP contribution is 2.33. The minimum absolute atomic E-state index is 0.234. The summed E-state index contributed by atoms with van der Waals surface area (Å²) in [6.07, 6.45) is 5.12. The Morgan fingerprint density at radius 2 is 1.97 bits per heavy atom. The zero-order chi connectivity index (χ0) is 24.6. The Bertz CT molecular complexity index is 1200. The molecule has 0 spiro atoms. The molecule has 3 aromatic rings. The number of morpholine rings is 1. The summed E-state index contributed by atoms with van der Waals surface area (Å²) in [5, 5.41) is 1.00. The topological polar surface area (TPSA) is 96.5 Å². The second-order valence-corrected chi connectivity index (χ2v) is 10.4. The van der Waals surface area contributed by atoms with Gasteiger partial charge in [0, 0.05) is 60.7 Å². The maximum atomic E-state index is 12.5. The number of nitrogens with one attached hydrogen (secondary N) is 1. The van der Waals surface area contributed by atoms with Crippen LogP contribution in [0.25, 0.3) is 22.4 Å².